The minimum Gasteiger partial charge on any atom is -0.398 e. The average Bonchev–Trinajstić information content (AvgIpc) is 2.75. The predicted octanol–water partition coefficient (Wildman–Crippen LogP) is 2.62. The van der Waals surface area contributed by atoms with E-state index in [1.54, 1.807) is 12.1 Å². The Morgan fingerprint density at radius 3 is 2.84 bits per heavy atom. The number of hydrogen-bond acceptors (Lipinski definition) is 4. The highest BCUT2D eigenvalue weighted by Gasteiger charge is 2.46. The first-order valence-corrected chi connectivity index (χ1v) is 6.67. The molecule has 0 bridgehead atoms. The van der Waals surface area contributed by atoms with E-state index in [0.29, 0.717) is 22.0 Å². The molecule has 5 nitrogen and oxygen atoms in total. The molecule has 1 aliphatic rings. The highest BCUT2D eigenvalue weighted by atomic mass is 35.5. The lowest BCUT2D eigenvalue weighted by Gasteiger charge is -2.07. The van der Waals surface area contributed by atoms with Crippen LogP contribution in [0.2, 0.25) is 5.02 Å². The van der Waals surface area contributed by atoms with Crippen molar-refractivity contribution in [1.82, 2.24) is 20.2 Å². The number of anilines is 1. The van der Waals surface area contributed by atoms with E-state index < -0.39 is 0 Å². The minimum absolute atomic E-state index is 0.405. The Kier molecular flexibility index (Phi) is 2.74. The molecule has 1 atom stereocenters. The molecule has 1 fully saturated rings. The number of hydrogen-bond donors (Lipinski definition) is 1. The van der Waals surface area contributed by atoms with Crippen molar-refractivity contribution >= 4 is 17.3 Å². The van der Waals surface area contributed by atoms with Crippen LogP contribution in [-0.4, -0.2) is 20.2 Å². The summed E-state index contributed by atoms with van der Waals surface area (Å²) < 4.78 is 1.85. The summed E-state index contributed by atoms with van der Waals surface area (Å²) >= 11 is 6.04. The molecule has 3 rings (SSSR count). The zero-order valence-electron chi connectivity index (χ0n) is 11.0. The van der Waals surface area contributed by atoms with Crippen LogP contribution < -0.4 is 5.73 Å². The van der Waals surface area contributed by atoms with Gasteiger partial charge in [0.2, 0.25) is 0 Å². The number of nitrogen functional groups attached to an aromatic ring is 1. The summed E-state index contributed by atoms with van der Waals surface area (Å²) in [5.74, 6) is 1.38. The fraction of sp³-hybridized carbons (Fsp3) is 0.462. The zero-order chi connectivity index (χ0) is 13.6. The number of halogens is 1. The predicted molar refractivity (Wildman–Crippen MR) is 74.6 cm³/mol. The number of nitrogens with zero attached hydrogens (tertiary/aromatic N) is 4. The Morgan fingerprint density at radius 2 is 2.21 bits per heavy atom. The Labute approximate surface area is 116 Å². The van der Waals surface area contributed by atoms with Crippen LogP contribution in [0.25, 0.3) is 11.4 Å². The molecule has 1 unspecified atom stereocenters. The maximum absolute atomic E-state index is 6.04. The van der Waals surface area contributed by atoms with E-state index in [-0.39, 0.29) is 0 Å². The van der Waals surface area contributed by atoms with Crippen LogP contribution in [0.3, 0.4) is 0 Å². The SMILES string of the molecule is CC1(C)CC1Cn1nnnc1-c1ccc(N)c(Cl)c1. The summed E-state index contributed by atoms with van der Waals surface area (Å²) in [5.41, 5.74) is 7.57. The standard InChI is InChI=1S/C13H16ClN5/c1-13(2)6-9(13)7-19-12(16-17-18-19)8-3-4-11(15)10(14)5-8/h3-5,9H,6-7,15H2,1-2H3. The fourth-order valence-corrected chi connectivity index (χ4v) is 2.48. The molecular formula is C13H16ClN5. The Morgan fingerprint density at radius 1 is 1.47 bits per heavy atom. The third-order valence-corrected chi connectivity index (χ3v) is 4.23. The van der Waals surface area contributed by atoms with Crippen molar-refractivity contribution in [2.75, 3.05) is 5.73 Å². The van der Waals surface area contributed by atoms with Crippen LogP contribution >= 0.6 is 11.6 Å². The second-order valence-electron chi connectivity index (χ2n) is 5.81. The first kappa shape index (κ1) is 12.4. The van der Waals surface area contributed by atoms with Gasteiger partial charge in [0, 0.05) is 12.1 Å². The van der Waals surface area contributed by atoms with Gasteiger partial charge in [-0.1, -0.05) is 25.4 Å². The van der Waals surface area contributed by atoms with Crippen LogP contribution in [-0.2, 0) is 6.54 Å². The van der Waals surface area contributed by atoms with Crippen molar-refractivity contribution in [1.29, 1.82) is 0 Å². The summed E-state index contributed by atoms with van der Waals surface area (Å²) in [7, 11) is 0. The first-order valence-electron chi connectivity index (χ1n) is 6.29. The summed E-state index contributed by atoms with van der Waals surface area (Å²) in [5, 5.41) is 12.5. The molecular weight excluding hydrogens is 262 g/mol. The van der Waals surface area contributed by atoms with Crippen molar-refractivity contribution in [3.05, 3.63) is 23.2 Å². The van der Waals surface area contributed by atoms with Gasteiger partial charge in [-0.05, 0) is 46.4 Å². The van der Waals surface area contributed by atoms with Gasteiger partial charge in [0.25, 0.3) is 0 Å². The van der Waals surface area contributed by atoms with E-state index in [2.05, 4.69) is 29.4 Å². The lowest BCUT2D eigenvalue weighted by Crippen LogP contribution is -2.07. The Balaban J connectivity index is 1.89. The molecule has 1 heterocycles. The van der Waals surface area contributed by atoms with Crippen LogP contribution in [0.1, 0.15) is 20.3 Å². The van der Waals surface area contributed by atoms with Crippen molar-refractivity contribution in [3.63, 3.8) is 0 Å². The number of benzene rings is 1. The molecule has 0 aliphatic heterocycles. The maximum atomic E-state index is 6.04. The van der Waals surface area contributed by atoms with Gasteiger partial charge >= 0.3 is 0 Å². The quantitative estimate of drug-likeness (QED) is 0.876. The van der Waals surface area contributed by atoms with E-state index >= 15 is 0 Å². The molecule has 1 aromatic carbocycles. The minimum atomic E-state index is 0.405. The number of rotatable bonds is 3. The number of tetrazole rings is 1. The molecule has 6 heteroatoms. The second-order valence-corrected chi connectivity index (χ2v) is 6.22. The number of nitrogens with two attached hydrogens (primary N) is 1. The second kappa shape index (κ2) is 4.20. The lowest BCUT2D eigenvalue weighted by atomic mass is 10.1. The summed E-state index contributed by atoms with van der Waals surface area (Å²) in [6.45, 7) is 5.38. The third kappa shape index (κ3) is 2.30. The van der Waals surface area contributed by atoms with E-state index in [4.69, 9.17) is 17.3 Å². The first-order chi connectivity index (χ1) is 8.97. The summed E-state index contributed by atoms with van der Waals surface area (Å²) in [4.78, 5) is 0. The largest absolute Gasteiger partial charge is 0.398 e. The lowest BCUT2D eigenvalue weighted by molar-refractivity contribution is 0.467. The molecule has 0 amide bonds. The molecule has 1 saturated carbocycles. The topological polar surface area (TPSA) is 69.6 Å². The molecule has 1 aliphatic carbocycles. The van der Waals surface area contributed by atoms with Crippen molar-refractivity contribution in [2.24, 2.45) is 11.3 Å². The number of aromatic nitrogens is 4. The molecule has 1 aromatic heterocycles. The highest BCUT2D eigenvalue weighted by Crippen LogP contribution is 2.52. The van der Waals surface area contributed by atoms with Crippen molar-refractivity contribution in [2.45, 2.75) is 26.8 Å². The van der Waals surface area contributed by atoms with Crippen LogP contribution in [0.4, 0.5) is 5.69 Å². The van der Waals surface area contributed by atoms with Gasteiger partial charge in [-0.3, -0.25) is 0 Å². The fourth-order valence-electron chi connectivity index (χ4n) is 2.30. The Hall–Kier alpha value is -1.62. The highest BCUT2D eigenvalue weighted by molar-refractivity contribution is 6.33. The van der Waals surface area contributed by atoms with Gasteiger partial charge in [-0.2, -0.15) is 0 Å². The van der Waals surface area contributed by atoms with Gasteiger partial charge in [-0.25, -0.2) is 4.68 Å². The van der Waals surface area contributed by atoms with Gasteiger partial charge in [0.05, 0.1) is 10.7 Å². The normalized spacial score (nSPS) is 20.5. The molecule has 0 spiro atoms. The molecule has 19 heavy (non-hydrogen) atoms. The maximum Gasteiger partial charge on any atom is 0.182 e. The molecule has 2 aromatic rings. The smallest absolute Gasteiger partial charge is 0.182 e. The average molecular weight is 278 g/mol. The third-order valence-electron chi connectivity index (χ3n) is 3.90. The molecule has 0 saturated heterocycles. The van der Waals surface area contributed by atoms with Crippen LogP contribution in [0, 0.1) is 11.3 Å². The van der Waals surface area contributed by atoms with Gasteiger partial charge in [-0.15, -0.1) is 5.10 Å². The van der Waals surface area contributed by atoms with E-state index in [1.807, 2.05) is 10.7 Å². The van der Waals surface area contributed by atoms with Crippen molar-refractivity contribution in [3.8, 4) is 11.4 Å². The van der Waals surface area contributed by atoms with E-state index in [1.165, 1.54) is 6.42 Å². The summed E-state index contributed by atoms with van der Waals surface area (Å²) in [6, 6.07) is 5.47. The Bertz CT molecular complexity index is 619. The van der Waals surface area contributed by atoms with Crippen LogP contribution in [0.15, 0.2) is 18.2 Å². The van der Waals surface area contributed by atoms with Gasteiger partial charge < -0.3 is 5.73 Å². The van der Waals surface area contributed by atoms with Gasteiger partial charge in [0.1, 0.15) is 0 Å². The zero-order valence-corrected chi connectivity index (χ0v) is 11.7. The molecule has 0 radical (unpaired) electrons. The van der Waals surface area contributed by atoms with Crippen molar-refractivity contribution < 1.29 is 0 Å². The van der Waals surface area contributed by atoms with E-state index in [0.717, 1.165) is 17.9 Å². The monoisotopic (exact) mass is 277 g/mol. The van der Waals surface area contributed by atoms with Crippen LogP contribution in [0.5, 0.6) is 0 Å². The summed E-state index contributed by atoms with van der Waals surface area (Å²) in [6.07, 6.45) is 1.22. The van der Waals surface area contributed by atoms with Gasteiger partial charge in [0.15, 0.2) is 5.82 Å². The van der Waals surface area contributed by atoms with E-state index in [9.17, 15) is 0 Å². The molecule has 100 valence electrons. The molecule has 2 N–H and O–H groups in total.